The van der Waals surface area contributed by atoms with E-state index in [1.165, 1.54) is 24.4 Å². The van der Waals surface area contributed by atoms with Crippen LogP contribution in [0, 0.1) is 0 Å². The monoisotopic (exact) mass is 514 g/mol. The standard InChI is InChI=1S/C20H27ClN6.HI/c1-22-20(23-12-17-14-27-9-3-2-7-19(27)24-17)25-16-8-10-26(13-16)18-6-4-5-15(21)11-18;/h4-6,11,14,16H,2-3,7-10,12-13H2,1H3,(H2,22,23,25);1H. The van der Waals surface area contributed by atoms with Gasteiger partial charge in [0.2, 0.25) is 0 Å². The van der Waals surface area contributed by atoms with Gasteiger partial charge >= 0.3 is 0 Å². The van der Waals surface area contributed by atoms with Crippen molar-refractivity contribution in [2.45, 2.75) is 44.8 Å². The third kappa shape index (κ3) is 5.11. The predicted octanol–water partition coefficient (Wildman–Crippen LogP) is 3.43. The highest BCUT2D eigenvalue weighted by molar-refractivity contribution is 14.0. The highest BCUT2D eigenvalue weighted by Crippen LogP contribution is 2.23. The normalized spacial score (nSPS) is 19.1. The van der Waals surface area contributed by atoms with E-state index >= 15 is 0 Å². The molecular weight excluding hydrogens is 487 g/mol. The molecule has 2 N–H and O–H groups in total. The van der Waals surface area contributed by atoms with E-state index in [1.54, 1.807) is 0 Å². The molecule has 3 heterocycles. The van der Waals surface area contributed by atoms with Crippen LogP contribution in [0.4, 0.5) is 5.69 Å². The minimum absolute atomic E-state index is 0. The van der Waals surface area contributed by atoms with Crippen molar-refractivity contribution in [2.75, 3.05) is 25.0 Å². The highest BCUT2D eigenvalue weighted by atomic mass is 127. The first kappa shape index (κ1) is 21.2. The summed E-state index contributed by atoms with van der Waals surface area (Å²) in [5.41, 5.74) is 2.26. The number of anilines is 1. The van der Waals surface area contributed by atoms with Crippen LogP contribution in [0.2, 0.25) is 5.02 Å². The second-order valence-corrected chi connectivity index (χ2v) is 7.72. The number of hydrogen-bond donors (Lipinski definition) is 2. The lowest BCUT2D eigenvalue weighted by atomic mass is 10.2. The molecule has 8 heteroatoms. The molecule has 1 atom stereocenters. The van der Waals surface area contributed by atoms with Crippen molar-refractivity contribution in [3.05, 3.63) is 47.0 Å². The Morgan fingerprint density at radius 3 is 3.00 bits per heavy atom. The van der Waals surface area contributed by atoms with Gasteiger partial charge < -0.3 is 20.1 Å². The van der Waals surface area contributed by atoms with Crippen molar-refractivity contribution >= 4 is 47.2 Å². The Bertz CT molecular complexity index is 797. The fraction of sp³-hybridized carbons (Fsp3) is 0.500. The molecule has 0 bridgehead atoms. The van der Waals surface area contributed by atoms with E-state index in [0.29, 0.717) is 12.6 Å². The van der Waals surface area contributed by atoms with Crippen LogP contribution in [0.3, 0.4) is 0 Å². The maximum atomic E-state index is 6.12. The van der Waals surface area contributed by atoms with Gasteiger partial charge in [0, 0.05) is 56.1 Å². The summed E-state index contributed by atoms with van der Waals surface area (Å²) in [4.78, 5) is 11.5. The van der Waals surface area contributed by atoms with Crippen LogP contribution >= 0.6 is 35.6 Å². The molecule has 0 saturated carbocycles. The number of nitrogens with zero attached hydrogens (tertiary/aromatic N) is 4. The van der Waals surface area contributed by atoms with E-state index in [9.17, 15) is 0 Å². The Morgan fingerprint density at radius 2 is 2.21 bits per heavy atom. The van der Waals surface area contributed by atoms with Gasteiger partial charge in [-0.2, -0.15) is 0 Å². The number of imidazole rings is 1. The molecule has 1 unspecified atom stereocenters. The largest absolute Gasteiger partial charge is 0.369 e. The zero-order chi connectivity index (χ0) is 18.6. The van der Waals surface area contributed by atoms with Crippen molar-refractivity contribution in [3.63, 3.8) is 0 Å². The van der Waals surface area contributed by atoms with Gasteiger partial charge in [-0.1, -0.05) is 17.7 Å². The van der Waals surface area contributed by atoms with E-state index in [0.717, 1.165) is 49.2 Å². The Morgan fingerprint density at radius 1 is 1.32 bits per heavy atom. The molecule has 28 heavy (non-hydrogen) atoms. The fourth-order valence-corrected chi connectivity index (χ4v) is 4.09. The summed E-state index contributed by atoms with van der Waals surface area (Å²) in [7, 11) is 1.82. The number of rotatable bonds is 4. The second kappa shape index (κ2) is 9.82. The van der Waals surface area contributed by atoms with Crippen LogP contribution < -0.4 is 15.5 Å². The zero-order valence-electron chi connectivity index (χ0n) is 16.2. The molecule has 0 spiro atoms. The Kier molecular flexibility index (Phi) is 7.45. The third-order valence-corrected chi connectivity index (χ3v) is 5.56. The molecular formula is C20H28ClIN6. The lowest BCUT2D eigenvalue weighted by molar-refractivity contribution is 0.522. The summed E-state index contributed by atoms with van der Waals surface area (Å²) in [5.74, 6) is 2.05. The average molecular weight is 515 g/mol. The molecule has 152 valence electrons. The first-order valence-electron chi connectivity index (χ1n) is 9.74. The molecule has 2 aliphatic rings. The summed E-state index contributed by atoms with van der Waals surface area (Å²) < 4.78 is 2.29. The molecule has 6 nitrogen and oxygen atoms in total. The molecule has 2 aliphatic heterocycles. The van der Waals surface area contributed by atoms with E-state index in [2.05, 4.69) is 37.4 Å². The van der Waals surface area contributed by atoms with Crippen molar-refractivity contribution in [1.82, 2.24) is 20.2 Å². The van der Waals surface area contributed by atoms with Gasteiger partial charge in [-0.05, 0) is 37.5 Å². The fourth-order valence-electron chi connectivity index (χ4n) is 3.90. The van der Waals surface area contributed by atoms with Gasteiger partial charge in [-0.25, -0.2) is 4.98 Å². The second-order valence-electron chi connectivity index (χ2n) is 7.28. The Hall–Kier alpha value is -1.48. The van der Waals surface area contributed by atoms with Crippen LogP contribution in [-0.4, -0.2) is 41.7 Å². The number of hydrogen-bond acceptors (Lipinski definition) is 3. The minimum Gasteiger partial charge on any atom is -0.369 e. The topological polar surface area (TPSA) is 57.5 Å². The van der Waals surface area contributed by atoms with Crippen LogP contribution in [0.5, 0.6) is 0 Å². The number of nitrogens with one attached hydrogen (secondary N) is 2. The summed E-state index contributed by atoms with van der Waals surface area (Å²) in [6.07, 6.45) is 6.84. The van der Waals surface area contributed by atoms with Gasteiger partial charge in [0.25, 0.3) is 0 Å². The minimum atomic E-state index is 0. The summed E-state index contributed by atoms with van der Waals surface area (Å²) in [6.45, 7) is 3.75. The number of aromatic nitrogens is 2. The molecule has 1 aromatic carbocycles. The number of fused-ring (bicyclic) bond motifs is 1. The van der Waals surface area contributed by atoms with Crippen LogP contribution in [0.15, 0.2) is 35.5 Å². The quantitative estimate of drug-likeness (QED) is 0.373. The van der Waals surface area contributed by atoms with Crippen LogP contribution in [0.25, 0.3) is 0 Å². The molecule has 0 aliphatic carbocycles. The molecule has 0 amide bonds. The lowest BCUT2D eigenvalue weighted by Gasteiger charge is -2.20. The SMILES string of the molecule is CN=C(NCc1cn2c(n1)CCCC2)NC1CCN(c2cccc(Cl)c2)C1.I. The van der Waals surface area contributed by atoms with Crippen LogP contribution in [-0.2, 0) is 19.5 Å². The molecule has 1 aromatic heterocycles. The van der Waals surface area contributed by atoms with Crippen molar-refractivity contribution in [2.24, 2.45) is 4.99 Å². The Labute approximate surface area is 188 Å². The van der Waals surface area contributed by atoms with Crippen molar-refractivity contribution in [3.8, 4) is 0 Å². The molecule has 1 saturated heterocycles. The third-order valence-electron chi connectivity index (χ3n) is 5.32. The summed E-state index contributed by atoms with van der Waals surface area (Å²) in [6, 6.07) is 8.42. The van der Waals surface area contributed by atoms with Gasteiger partial charge in [0.15, 0.2) is 5.96 Å². The van der Waals surface area contributed by atoms with E-state index in [1.807, 2.05) is 25.2 Å². The number of aryl methyl sites for hydroxylation is 2. The summed E-state index contributed by atoms with van der Waals surface area (Å²) in [5, 5.41) is 7.73. The van der Waals surface area contributed by atoms with Gasteiger partial charge in [0.05, 0.1) is 12.2 Å². The lowest BCUT2D eigenvalue weighted by Crippen LogP contribution is -2.44. The number of benzene rings is 1. The van der Waals surface area contributed by atoms with Crippen molar-refractivity contribution < 1.29 is 0 Å². The highest BCUT2D eigenvalue weighted by Gasteiger charge is 2.23. The number of aliphatic imine (C=N–C) groups is 1. The maximum absolute atomic E-state index is 6.12. The smallest absolute Gasteiger partial charge is 0.191 e. The first-order valence-corrected chi connectivity index (χ1v) is 10.1. The molecule has 1 fully saturated rings. The van der Waals surface area contributed by atoms with E-state index in [-0.39, 0.29) is 24.0 Å². The molecule has 2 aromatic rings. The van der Waals surface area contributed by atoms with Crippen LogP contribution in [0.1, 0.15) is 30.8 Å². The predicted molar refractivity (Wildman–Crippen MR) is 126 cm³/mol. The summed E-state index contributed by atoms with van der Waals surface area (Å²) >= 11 is 6.12. The Balaban J connectivity index is 0.00000225. The number of guanidine groups is 1. The molecule has 4 rings (SSSR count). The van der Waals surface area contributed by atoms with Gasteiger partial charge in [-0.15, -0.1) is 24.0 Å². The van der Waals surface area contributed by atoms with Gasteiger partial charge in [0.1, 0.15) is 5.82 Å². The van der Waals surface area contributed by atoms with Crippen molar-refractivity contribution in [1.29, 1.82) is 0 Å². The average Bonchev–Trinajstić information content (AvgIpc) is 3.31. The van der Waals surface area contributed by atoms with E-state index in [4.69, 9.17) is 16.6 Å². The first-order chi connectivity index (χ1) is 13.2. The zero-order valence-corrected chi connectivity index (χ0v) is 19.3. The maximum Gasteiger partial charge on any atom is 0.191 e. The number of halogens is 2. The van der Waals surface area contributed by atoms with E-state index < -0.39 is 0 Å². The molecule has 0 radical (unpaired) electrons. The van der Waals surface area contributed by atoms with Gasteiger partial charge in [-0.3, -0.25) is 4.99 Å².